The van der Waals surface area contributed by atoms with Gasteiger partial charge in [-0.2, -0.15) is 18.3 Å². The van der Waals surface area contributed by atoms with Crippen LogP contribution in [0, 0.1) is 24.0 Å². The molecule has 10 heteroatoms. The molecule has 0 atom stereocenters. The number of nitro benzene ring substituents is 1. The average molecular weight is 356 g/mol. The molecule has 0 radical (unpaired) electrons. The Labute approximate surface area is 140 Å². The number of nitrogens with zero attached hydrogens (tertiary/aromatic N) is 3. The average Bonchev–Trinajstić information content (AvgIpc) is 2.88. The van der Waals surface area contributed by atoms with E-state index in [-0.39, 0.29) is 30.0 Å². The zero-order chi connectivity index (χ0) is 18.8. The van der Waals surface area contributed by atoms with Crippen LogP contribution >= 0.6 is 0 Å². The van der Waals surface area contributed by atoms with Gasteiger partial charge in [-0.05, 0) is 31.5 Å². The second-order valence-corrected chi connectivity index (χ2v) is 5.47. The maximum atomic E-state index is 12.6. The maximum absolute atomic E-state index is 12.6. The Kier molecular flexibility index (Phi) is 5.10. The Morgan fingerprint density at radius 1 is 1.32 bits per heavy atom. The Morgan fingerprint density at radius 2 is 2.00 bits per heavy atom. The van der Waals surface area contributed by atoms with Crippen LogP contribution in [0.2, 0.25) is 0 Å². The molecule has 2 rings (SSSR count). The fourth-order valence-corrected chi connectivity index (χ4v) is 2.19. The number of hydrogen-bond acceptors (Lipinski definition) is 4. The van der Waals surface area contributed by atoms with E-state index in [0.717, 1.165) is 10.7 Å². The van der Waals surface area contributed by atoms with E-state index in [4.69, 9.17) is 0 Å². The van der Waals surface area contributed by atoms with Gasteiger partial charge in [0.15, 0.2) is 5.69 Å². The summed E-state index contributed by atoms with van der Waals surface area (Å²) < 4.78 is 38.9. The van der Waals surface area contributed by atoms with Crippen LogP contribution in [0.5, 0.6) is 0 Å². The van der Waals surface area contributed by atoms with Crippen LogP contribution in [0.15, 0.2) is 24.3 Å². The lowest BCUT2D eigenvalue weighted by atomic mass is 10.2. The second kappa shape index (κ2) is 6.91. The Balaban J connectivity index is 2.05. The number of aryl methyl sites for hydroxylation is 3. The first-order valence-corrected chi connectivity index (χ1v) is 7.24. The molecule has 0 spiro atoms. The fourth-order valence-electron chi connectivity index (χ4n) is 2.19. The number of amides is 1. The summed E-state index contributed by atoms with van der Waals surface area (Å²) in [6.07, 6.45) is -4.73. The van der Waals surface area contributed by atoms with E-state index < -0.39 is 22.7 Å². The molecule has 0 aliphatic rings. The molecular weight excluding hydrogens is 341 g/mol. The molecular formula is C15H15F3N4O3. The van der Waals surface area contributed by atoms with Gasteiger partial charge in [-0.15, -0.1) is 0 Å². The summed E-state index contributed by atoms with van der Waals surface area (Å²) in [5.41, 5.74) is -0.311. The Morgan fingerprint density at radius 3 is 2.56 bits per heavy atom. The highest BCUT2D eigenvalue weighted by Crippen LogP contribution is 2.28. The van der Waals surface area contributed by atoms with Gasteiger partial charge in [0, 0.05) is 24.7 Å². The molecule has 0 aliphatic carbocycles. The first-order chi connectivity index (χ1) is 11.6. The topological polar surface area (TPSA) is 90.1 Å². The van der Waals surface area contributed by atoms with Crippen LogP contribution < -0.4 is 5.32 Å². The van der Waals surface area contributed by atoms with Crippen LogP contribution in [-0.4, -0.2) is 20.6 Å². The molecule has 0 aliphatic heterocycles. The van der Waals surface area contributed by atoms with Crippen molar-refractivity contribution in [3.63, 3.8) is 0 Å². The number of anilines is 1. The fraction of sp³-hybridized carbons (Fsp3) is 0.333. The van der Waals surface area contributed by atoms with E-state index in [1.165, 1.54) is 19.1 Å². The third-order valence-corrected chi connectivity index (χ3v) is 3.45. The van der Waals surface area contributed by atoms with Crippen molar-refractivity contribution in [2.24, 2.45) is 0 Å². The number of hydrogen-bond donors (Lipinski definition) is 1. The van der Waals surface area contributed by atoms with Crippen molar-refractivity contribution in [1.82, 2.24) is 9.78 Å². The van der Waals surface area contributed by atoms with E-state index in [1.807, 2.05) is 0 Å². The number of carbonyl (C=O) groups is 1. The van der Waals surface area contributed by atoms with Gasteiger partial charge in [-0.25, -0.2) is 0 Å². The summed E-state index contributed by atoms with van der Waals surface area (Å²) in [5.74, 6) is -0.560. The number of rotatable bonds is 5. The lowest BCUT2D eigenvalue weighted by molar-refractivity contribution is -0.384. The molecule has 25 heavy (non-hydrogen) atoms. The molecule has 1 amide bonds. The second-order valence-electron chi connectivity index (χ2n) is 5.47. The van der Waals surface area contributed by atoms with Gasteiger partial charge in [0.25, 0.3) is 5.69 Å². The van der Waals surface area contributed by atoms with Crippen LogP contribution in [-0.2, 0) is 17.5 Å². The zero-order valence-electron chi connectivity index (χ0n) is 13.4. The largest absolute Gasteiger partial charge is 0.435 e. The molecule has 0 fully saturated rings. The predicted octanol–water partition coefficient (Wildman–Crippen LogP) is 3.46. The molecule has 1 aromatic heterocycles. The molecule has 134 valence electrons. The van der Waals surface area contributed by atoms with Gasteiger partial charge in [0.1, 0.15) is 5.69 Å². The van der Waals surface area contributed by atoms with E-state index in [0.29, 0.717) is 5.56 Å². The highest BCUT2D eigenvalue weighted by atomic mass is 19.4. The van der Waals surface area contributed by atoms with Crippen LogP contribution in [0.4, 0.5) is 24.5 Å². The molecule has 1 heterocycles. The van der Waals surface area contributed by atoms with Crippen LogP contribution in [0.3, 0.4) is 0 Å². The van der Waals surface area contributed by atoms with Crippen molar-refractivity contribution in [1.29, 1.82) is 0 Å². The number of nitro groups is 1. The minimum absolute atomic E-state index is 0.0359. The Hall–Kier alpha value is -2.91. The SMILES string of the molecule is Cc1ccc(NC(=O)CCn2nc(C(F)(F)F)cc2C)c([N+](=O)[O-])c1. The van der Waals surface area contributed by atoms with Gasteiger partial charge in [-0.3, -0.25) is 19.6 Å². The lowest BCUT2D eigenvalue weighted by Crippen LogP contribution is -2.17. The lowest BCUT2D eigenvalue weighted by Gasteiger charge is -2.08. The summed E-state index contributed by atoms with van der Waals surface area (Å²) in [7, 11) is 0. The van der Waals surface area contributed by atoms with Crippen molar-refractivity contribution in [2.75, 3.05) is 5.32 Å². The van der Waals surface area contributed by atoms with Crippen molar-refractivity contribution >= 4 is 17.3 Å². The quantitative estimate of drug-likeness (QED) is 0.656. The van der Waals surface area contributed by atoms with Gasteiger partial charge in [-0.1, -0.05) is 6.07 Å². The van der Waals surface area contributed by atoms with Gasteiger partial charge >= 0.3 is 6.18 Å². The van der Waals surface area contributed by atoms with Crippen molar-refractivity contribution in [3.05, 3.63) is 51.3 Å². The zero-order valence-corrected chi connectivity index (χ0v) is 13.4. The molecule has 0 unspecified atom stereocenters. The predicted molar refractivity (Wildman–Crippen MR) is 83.0 cm³/mol. The van der Waals surface area contributed by atoms with E-state index in [2.05, 4.69) is 10.4 Å². The highest BCUT2D eigenvalue weighted by Gasteiger charge is 2.34. The number of aromatic nitrogens is 2. The monoisotopic (exact) mass is 356 g/mol. The summed E-state index contributed by atoms with van der Waals surface area (Å²) in [6, 6.07) is 5.23. The van der Waals surface area contributed by atoms with Crippen molar-refractivity contribution < 1.29 is 22.9 Å². The molecule has 1 N–H and O–H groups in total. The van der Waals surface area contributed by atoms with Gasteiger partial charge < -0.3 is 5.32 Å². The minimum Gasteiger partial charge on any atom is -0.320 e. The van der Waals surface area contributed by atoms with E-state index in [1.54, 1.807) is 13.0 Å². The molecule has 2 aromatic rings. The number of benzene rings is 1. The highest BCUT2D eigenvalue weighted by molar-refractivity contribution is 5.93. The Bertz CT molecular complexity index is 815. The number of alkyl halides is 3. The normalized spacial score (nSPS) is 11.4. The van der Waals surface area contributed by atoms with Crippen molar-refractivity contribution in [3.8, 4) is 0 Å². The third kappa shape index (κ3) is 4.55. The number of carbonyl (C=O) groups excluding carboxylic acids is 1. The van der Waals surface area contributed by atoms with Gasteiger partial charge in [0.2, 0.25) is 5.91 Å². The van der Waals surface area contributed by atoms with E-state index in [9.17, 15) is 28.1 Å². The summed E-state index contributed by atoms with van der Waals surface area (Å²) in [5, 5.41) is 16.8. The van der Waals surface area contributed by atoms with Crippen molar-refractivity contribution in [2.45, 2.75) is 33.0 Å². The van der Waals surface area contributed by atoms with Crippen LogP contribution in [0.1, 0.15) is 23.4 Å². The summed E-state index contributed by atoms with van der Waals surface area (Å²) in [4.78, 5) is 22.4. The molecule has 0 bridgehead atoms. The first kappa shape index (κ1) is 18.4. The number of nitrogens with one attached hydrogen (secondary N) is 1. The molecule has 1 aromatic carbocycles. The number of halogens is 3. The molecule has 0 saturated heterocycles. The maximum Gasteiger partial charge on any atom is 0.435 e. The molecule has 7 nitrogen and oxygen atoms in total. The summed E-state index contributed by atoms with van der Waals surface area (Å²) in [6.45, 7) is 3.05. The van der Waals surface area contributed by atoms with Gasteiger partial charge in [0.05, 0.1) is 4.92 Å². The van der Waals surface area contributed by atoms with Crippen LogP contribution in [0.25, 0.3) is 0 Å². The van der Waals surface area contributed by atoms with E-state index >= 15 is 0 Å². The third-order valence-electron chi connectivity index (χ3n) is 3.45. The smallest absolute Gasteiger partial charge is 0.320 e. The summed E-state index contributed by atoms with van der Waals surface area (Å²) >= 11 is 0. The first-order valence-electron chi connectivity index (χ1n) is 7.24. The minimum atomic E-state index is -4.55. The molecule has 0 saturated carbocycles. The standard InChI is InChI=1S/C15H15F3N4O3/c1-9-3-4-11(12(7-9)22(24)25)19-14(23)5-6-21-10(2)8-13(20-21)15(16,17)18/h3-4,7-8H,5-6H2,1-2H3,(H,19,23).